The van der Waals surface area contributed by atoms with Crippen LogP contribution in [-0.2, 0) is 4.79 Å². The van der Waals surface area contributed by atoms with Crippen molar-refractivity contribution in [2.45, 2.75) is 16.8 Å². The van der Waals surface area contributed by atoms with E-state index in [0.29, 0.717) is 15.9 Å². The predicted octanol–water partition coefficient (Wildman–Crippen LogP) is 4.74. The maximum Gasteiger partial charge on any atom is 0.253 e. The predicted molar refractivity (Wildman–Crippen MR) is 126 cm³/mol. The topological polar surface area (TPSA) is 84.5 Å². The van der Waals surface area contributed by atoms with Crippen molar-refractivity contribution >= 4 is 50.6 Å². The highest BCUT2D eigenvalue weighted by atomic mass is 32.2. The molecule has 1 atom stereocenters. The molecular weight excluding hydrogens is 426 g/mol. The maximum absolute atomic E-state index is 13.1. The summed E-state index contributed by atoms with van der Waals surface area (Å²) in [6.07, 6.45) is 0.671. The number of amides is 1. The average Bonchev–Trinajstić information content (AvgIpc) is 3.44. The lowest BCUT2D eigenvalue weighted by atomic mass is 9.97. The van der Waals surface area contributed by atoms with Gasteiger partial charge in [-0.25, -0.2) is 5.01 Å². The fourth-order valence-corrected chi connectivity index (χ4v) is 5.18. The van der Waals surface area contributed by atoms with Crippen molar-refractivity contribution in [3.05, 3.63) is 83.9 Å². The van der Waals surface area contributed by atoms with E-state index in [1.54, 1.807) is 5.01 Å². The Balaban J connectivity index is 1.44. The van der Waals surface area contributed by atoms with Crippen LogP contribution in [0.3, 0.4) is 0 Å². The molecule has 0 fully saturated rings. The quantitative estimate of drug-likeness (QED) is 0.449. The van der Waals surface area contributed by atoms with Crippen LogP contribution in [0.15, 0.2) is 82.2 Å². The first kappa shape index (κ1) is 19.7. The van der Waals surface area contributed by atoms with E-state index in [1.165, 1.54) is 28.5 Å². The molecule has 3 aromatic carbocycles. The number of nitrogen functional groups attached to an aromatic ring is 1. The van der Waals surface area contributed by atoms with Crippen LogP contribution in [0.1, 0.15) is 23.6 Å². The first-order valence-corrected chi connectivity index (χ1v) is 11.6. The molecule has 1 aliphatic rings. The number of anilines is 1. The molecule has 5 rings (SSSR count). The summed E-state index contributed by atoms with van der Waals surface area (Å²) in [6, 6.07) is 24.5. The van der Waals surface area contributed by atoms with E-state index in [-0.39, 0.29) is 17.7 Å². The molecule has 0 spiro atoms. The van der Waals surface area contributed by atoms with Gasteiger partial charge in [0.2, 0.25) is 5.13 Å². The third-order valence-corrected chi connectivity index (χ3v) is 7.04. The molecular formula is C23H19N5OS2. The van der Waals surface area contributed by atoms with Crippen molar-refractivity contribution in [1.29, 1.82) is 0 Å². The lowest BCUT2D eigenvalue weighted by molar-refractivity contribution is -0.130. The summed E-state index contributed by atoms with van der Waals surface area (Å²) in [5.41, 5.74) is 8.67. The van der Waals surface area contributed by atoms with Gasteiger partial charge in [0.05, 0.1) is 17.5 Å². The second-order valence-corrected chi connectivity index (χ2v) is 9.40. The largest absolute Gasteiger partial charge is 0.374 e. The molecule has 1 aliphatic heterocycles. The number of hydrogen-bond donors (Lipinski definition) is 1. The molecule has 6 nitrogen and oxygen atoms in total. The number of nitrogens with two attached hydrogens (primary N) is 1. The minimum atomic E-state index is -0.129. The second kappa shape index (κ2) is 8.49. The van der Waals surface area contributed by atoms with E-state index >= 15 is 0 Å². The van der Waals surface area contributed by atoms with Crippen molar-refractivity contribution in [3.8, 4) is 0 Å². The zero-order valence-electron chi connectivity index (χ0n) is 16.5. The molecule has 4 aromatic rings. The summed E-state index contributed by atoms with van der Waals surface area (Å²) in [4.78, 5) is 13.1. The maximum atomic E-state index is 13.1. The molecule has 0 aliphatic carbocycles. The normalized spacial score (nSPS) is 15.9. The Hall–Kier alpha value is -3.23. The Labute approximate surface area is 187 Å². The van der Waals surface area contributed by atoms with Crippen LogP contribution in [-0.4, -0.2) is 32.6 Å². The second-order valence-electron chi connectivity index (χ2n) is 7.17. The SMILES string of the molecule is Nc1nnc(SCC(=O)N2N=C(c3ccc4ccccc4c3)C[C@@H]2c2ccccc2)s1. The van der Waals surface area contributed by atoms with Gasteiger partial charge in [-0.05, 0) is 28.0 Å². The van der Waals surface area contributed by atoms with Crippen LogP contribution >= 0.6 is 23.1 Å². The Morgan fingerprint density at radius 3 is 2.58 bits per heavy atom. The van der Waals surface area contributed by atoms with Crippen molar-refractivity contribution < 1.29 is 4.79 Å². The zero-order valence-corrected chi connectivity index (χ0v) is 18.1. The van der Waals surface area contributed by atoms with Gasteiger partial charge in [0, 0.05) is 6.42 Å². The third kappa shape index (κ3) is 4.17. The first-order chi connectivity index (χ1) is 15.2. The lowest BCUT2D eigenvalue weighted by Gasteiger charge is -2.21. The molecule has 0 radical (unpaired) electrons. The van der Waals surface area contributed by atoms with Crippen LogP contribution in [0.4, 0.5) is 5.13 Å². The Bertz CT molecular complexity index is 1270. The number of fused-ring (bicyclic) bond motifs is 1. The fraction of sp³-hybridized carbons (Fsp3) is 0.130. The highest BCUT2D eigenvalue weighted by Gasteiger charge is 2.33. The molecule has 0 saturated heterocycles. The highest BCUT2D eigenvalue weighted by Crippen LogP contribution is 2.34. The smallest absolute Gasteiger partial charge is 0.253 e. The summed E-state index contributed by atoms with van der Waals surface area (Å²) < 4.78 is 0.681. The van der Waals surface area contributed by atoms with Gasteiger partial charge in [0.25, 0.3) is 5.91 Å². The van der Waals surface area contributed by atoms with Crippen LogP contribution in [0.2, 0.25) is 0 Å². The molecule has 2 N–H and O–H groups in total. The van der Waals surface area contributed by atoms with Gasteiger partial charge >= 0.3 is 0 Å². The standard InChI is InChI=1S/C23H19N5OS2/c24-22-25-26-23(31-22)30-14-21(29)28-20(16-7-2-1-3-8-16)13-19(27-28)18-11-10-15-6-4-5-9-17(15)12-18/h1-12,20H,13-14H2,(H2,24,25)/t20-/m1/s1. The molecule has 8 heteroatoms. The van der Waals surface area contributed by atoms with Crippen LogP contribution < -0.4 is 5.73 Å². The van der Waals surface area contributed by atoms with E-state index in [2.05, 4.69) is 40.5 Å². The molecule has 0 saturated carbocycles. The van der Waals surface area contributed by atoms with E-state index in [9.17, 15) is 4.79 Å². The van der Waals surface area contributed by atoms with Gasteiger partial charge in [0.1, 0.15) is 0 Å². The van der Waals surface area contributed by atoms with Gasteiger partial charge in [-0.3, -0.25) is 4.79 Å². The van der Waals surface area contributed by atoms with Crippen LogP contribution in [0, 0.1) is 0 Å². The number of carbonyl (C=O) groups is 1. The van der Waals surface area contributed by atoms with Gasteiger partial charge in [-0.2, -0.15) is 5.10 Å². The van der Waals surface area contributed by atoms with Crippen molar-refractivity contribution in [3.63, 3.8) is 0 Å². The van der Waals surface area contributed by atoms with Gasteiger partial charge in [-0.1, -0.05) is 89.8 Å². The van der Waals surface area contributed by atoms with E-state index in [0.717, 1.165) is 22.2 Å². The number of thioether (sulfide) groups is 1. The summed E-state index contributed by atoms with van der Waals surface area (Å²) in [5.74, 6) is 0.162. The first-order valence-electron chi connectivity index (χ1n) is 9.83. The third-order valence-electron chi connectivity index (χ3n) is 5.17. The van der Waals surface area contributed by atoms with Gasteiger partial charge < -0.3 is 5.73 Å². The Morgan fingerprint density at radius 1 is 1.03 bits per heavy atom. The summed E-state index contributed by atoms with van der Waals surface area (Å²) in [5, 5.41) is 16.9. The number of nitrogens with zero attached hydrogens (tertiary/aromatic N) is 4. The number of hydrogen-bond acceptors (Lipinski definition) is 7. The van der Waals surface area contributed by atoms with Crippen molar-refractivity contribution in [2.24, 2.45) is 5.10 Å². The van der Waals surface area contributed by atoms with E-state index in [1.807, 2.05) is 42.5 Å². The number of hydrazone groups is 1. The molecule has 0 bridgehead atoms. The van der Waals surface area contributed by atoms with Gasteiger partial charge in [-0.15, -0.1) is 10.2 Å². The minimum absolute atomic E-state index is 0.0663. The molecule has 0 unspecified atom stereocenters. The van der Waals surface area contributed by atoms with Crippen LogP contribution in [0.25, 0.3) is 10.8 Å². The number of aromatic nitrogens is 2. The molecule has 154 valence electrons. The summed E-state index contributed by atoms with van der Waals surface area (Å²) in [6.45, 7) is 0. The Kier molecular flexibility index (Phi) is 5.40. The molecule has 2 heterocycles. The van der Waals surface area contributed by atoms with E-state index < -0.39 is 0 Å². The average molecular weight is 446 g/mol. The van der Waals surface area contributed by atoms with Gasteiger partial charge in [0.15, 0.2) is 4.34 Å². The lowest BCUT2D eigenvalue weighted by Crippen LogP contribution is -2.28. The van der Waals surface area contributed by atoms with Crippen molar-refractivity contribution in [1.82, 2.24) is 15.2 Å². The number of rotatable bonds is 5. The molecule has 1 amide bonds. The van der Waals surface area contributed by atoms with Crippen LogP contribution in [0.5, 0.6) is 0 Å². The highest BCUT2D eigenvalue weighted by molar-refractivity contribution is 8.01. The fourth-order valence-electron chi connectivity index (χ4n) is 3.69. The Morgan fingerprint density at radius 2 is 1.81 bits per heavy atom. The number of carbonyl (C=O) groups excluding carboxylic acids is 1. The number of benzene rings is 3. The summed E-state index contributed by atoms with van der Waals surface area (Å²) in [7, 11) is 0. The summed E-state index contributed by atoms with van der Waals surface area (Å²) >= 11 is 2.62. The molecule has 1 aromatic heterocycles. The van der Waals surface area contributed by atoms with E-state index in [4.69, 9.17) is 10.8 Å². The monoisotopic (exact) mass is 445 g/mol. The zero-order chi connectivity index (χ0) is 21.2. The van der Waals surface area contributed by atoms with Crippen molar-refractivity contribution in [2.75, 3.05) is 11.5 Å². The molecule has 31 heavy (non-hydrogen) atoms. The minimum Gasteiger partial charge on any atom is -0.374 e.